The third kappa shape index (κ3) is 11.0. The minimum absolute atomic E-state index is 0. The number of hydrogen-bond acceptors (Lipinski definition) is 1. The van der Waals surface area contributed by atoms with Crippen molar-refractivity contribution in [2.45, 2.75) is 13.3 Å². The molecule has 0 bridgehead atoms. The molecule has 38 valence electrons. The molecule has 0 rings (SSSR count). The molecule has 7 heavy (non-hydrogen) atoms. The largest absolute Gasteiger partial charge is 3.00 e. The Morgan fingerprint density at radius 1 is 1.57 bits per heavy atom. The van der Waals surface area contributed by atoms with Gasteiger partial charge in [-0.2, -0.15) is 0 Å². The zero-order valence-corrected chi connectivity index (χ0v) is 7.98. The maximum Gasteiger partial charge on any atom is 3.00 e. The van der Waals surface area contributed by atoms with Crippen molar-refractivity contribution >= 4 is 0 Å². The quantitative estimate of drug-likeness (QED) is 0.568. The number of rotatable bonds is 2. The molecule has 0 heterocycles. The summed E-state index contributed by atoms with van der Waals surface area (Å²) in [4.78, 5) is 1.93. The van der Waals surface area contributed by atoms with Gasteiger partial charge in [0.2, 0.25) is 0 Å². The summed E-state index contributed by atoms with van der Waals surface area (Å²) in [6.07, 6.45) is 1.19. The summed E-state index contributed by atoms with van der Waals surface area (Å²) in [6, 6.07) is 0. The van der Waals surface area contributed by atoms with Crippen LogP contribution in [0.4, 0.5) is 0 Å². The summed E-state index contributed by atoms with van der Waals surface area (Å²) < 4.78 is 0. The predicted octanol–water partition coefficient (Wildman–Crippen LogP) is 1.12. The van der Waals surface area contributed by atoms with Crippen LogP contribution in [0, 0.1) is 7.05 Å². The maximum atomic E-state index is 3.66. The van der Waals surface area contributed by atoms with Gasteiger partial charge in [0.05, 0.1) is 0 Å². The summed E-state index contributed by atoms with van der Waals surface area (Å²) in [5.41, 5.74) is 0. The van der Waals surface area contributed by atoms with Gasteiger partial charge in [-0.15, -0.1) is 0 Å². The Kier molecular flexibility index (Phi) is 11.0. The molecule has 0 fully saturated rings. The van der Waals surface area contributed by atoms with E-state index < -0.39 is 0 Å². The molecule has 0 unspecified atom stereocenters. The van der Waals surface area contributed by atoms with Crippen molar-refractivity contribution in [1.29, 1.82) is 0 Å². The molecule has 0 atom stereocenters. The Bertz CT molecular complexity index is 29.3. The first kappa shape index (κ1) is 10.9. The van der Waals surface area contributed by atoms with Gasteiger partial charge in [-0.3, -0.25) is 7.05 Å². The minimum atomic E-state index is 0. The molecular formula is C5H12NY+2. The fourth-order valence-corrected chi connectivity index (χ4v) is 0.382. The van der Waals surface area contributed by atoms with Crippen molar-refractivity contribution < 1.29 is 32.7 Å². The van der Waals surface area contributed by atoms with E-state index in [0.29, 0.717) is 0 Å². The molecule has 0 aliphatic heterocycles. The van der Waals surface area contributed by atoms with Crippen LogP contribution in [0.25, 0.3) is 0 Å². The molecule has 0 amide bonds. The summed E-state index contributed by atoms with van der Waals surface area (Å²) >= 11 is 0. The van der Waals surface area contributed by atoms with E-state index in [0.717, 1.165) is 6.54 Å². The van der Waals surface area contributed by atoms with E-state index in [4.69, 9.17) is 0 Å². The SMILES string of the molecule is [CH2-]N(C)CCC.[Y+3]. The van der Waals surface area contributed by atoms with Crippen LogP contribution < -0.4 is 0 Å². The van der Waals surface area contributed by atoms with Gasteiger partial charge in [0.15, 0.2) is 0 Å². The predicted molar refractivity (Wildman–Crippen MR) is 28.3 cm³/mol. The third-order valence-electron chi connectivity index (χ3n) is 0.605. The molecule has 0 aromatic rings. The fourth-order valence-electron chi connectivity index (χ4n) is 0.382. The van der Waals surface area contributed by atoms with Gasteiger partial charge in [0, 0.05) is 0 Å². The standard InChI is InChI=1S/C5H12N.Y/c1-4-5-6(2)3;/h2,4-5H2,1,3H3;/q-1;+3. The van der Waals surface area contributed by atoms with Gasteiger partial charge in [0.1, 0.15) is 0 Å². The second-order valence-electron chi connectivity index (χ2n) is 1.58. The third-order valence-corrected chi connectivity index (χ3v) is 0.605. The molecule has 0 aromatic carbocycles. The molecule has 0 aromatic heterocycles. The van der Waals surface area contributed by atoms with E-state index in [1.807, 2.05) is 11.9 Å². The van der Waals surface area contributed by atoms with Crippen molar-refractivity contribution in [1.82, 2.24) is 4.90 Å². The van der Waals surface area contributed by atoms with Crippen LogP contribution >= 0.6 is 0 Å². The monoisotopic (exact) mass is 175 g/mol. The Balaban J connectivity index is 0. The van der Waals surface area contributed by atoms with Crippen LogP contribution in [-0.2, 0) is 32.7 Å². The van der Waals surface area contributed by atoms with Crippen LogP contribution in [0.15, 0.2) is 0 Å². The van der Waals surface area contributed by atoms with Gasteiger partial charge < -0.3 is 4.90 Å². The van der Waals surface area contributed by atoms with Gasteiger partial charge in [-0.25, -0.2) is 0 Å². The van der Waals surface area contributed by atoms with Gasteiger partial charge in [-0.05, 0) is 20.0 Å². The van der Waals surface area contributed by atoms with Crippen molar-refractivity contribution in [3.8, 4) is 0 Å². The van der Waals surface area contributed by atoms with Crippen molar-refractivity contribution in [3.63, 3.8) is 0 Å². The van der Waals surface area contributed by atoms with E-state index in [1.165, 1.54) is 6.42 Å². The van der Waals surface area contributed by atoms with Crippen molar-refractivity contribution in [2.24, 2.45) is 0 Å². The van der Waals surface area contributed by atoms with Crippen LogP contribution in [0.1, 0.15) is 13.3 Å². The van der Waals surface area contributed by atoms with E-state index in [-0.39, 0.29) is 32.7 Å². The Morgan fingerprint density at radius 3 is 2.00 bits per heavy atom. The second kappa shape index (κ2) is 7.06. The zero-order chi connectivity index (χ0) is 4.99. The summed E-state index contributed by atoms with van der Waals surface area (Å²) in [5, 5.41) is 0. The van der Waals surface area contributed by atoms with Crippen LogP contribution in [0.2, 0.25) is 0 Å². The molecular weight excluding hydrogens is 163 g/mol. The average molecular weight is 175 g/mol. The zero-order valence-electron chi connectivity index (χ0n) is 5.15. The summed E-state index contributed by atoms with van der Waals surface area (Å²) in [7, 11) is 5.64. The summed E-state index contributed by atoms with van der Waals surface area (Å²) in [5.74, 6) is 0. The minimum Gasteiger partial charge on any atom is -0.462 e. The topological polar surface area (TPSA) is 3.24 Å². The Hall–Kier alpha value is 1.06. The van der Waals surface area contributed by atoms with E-state index >= 15 is 0 Å². The molecule has 0 spiro atoms. The van der Waals surface area contributed by atoms with E-state index in [9.17, 15) is 0 Å². The van der Waals surface area contributed by atoms with Crippen molar-refractivity contribution in [2.75, 3.05) is 13.6 Å². The first-order valence-electron chi connectivity index (χ1n) is 2.29. The van der Waals surface area contributed by atoms with E-state index in [1.54, 1.807) is 0 Å². The molecule has 0 radical (unpaired) electrons. The maximum absolute atomic E-state index is 3.66. The molecule has 0 N–H and O–H groups in total. The first-order valence-corrected chi connectivity index (χ1v) is 2.29. The van der Waals surface area contributed by atoms with Crippen molar-refractivity contribution in [3.05, 3.63) is 7.05 Å². The van der Waals surface area contributed by atoms with Gasteiger partial charge in [0.25, 0.3) is 0 Å². The first-order chi connectivity index (χ1) is 2.77. The molecule has 2 heteroatoms. The van der Waals surface area contributed by atoms with Gasteiger partial charge in [-0.1, -0.05) is 6.92 Å². The molecule has 0 saturated heterocycles. The molecule has 0 aliphatic carbocycles. The molecule has 0 saturated carbocycles. The van der Waals surface area contributed by atoms with Crippen LogP contribution in [0.3, 0.4) is 0 Å². The number of hydrogen-bond donors (Lipinski definition) is 0. The van der Waals surface area contributed by atoms with Crippen LogP contribution in [0.5, 0.6) is 0 Å². The summed E-state index contributed by atoms with van der Waals surface area (Å²) in [6.45, 7) is 3.24. The number of nitrogens with zero attached hydrogens (tertiary/aromatic N) is 1. The smallest absolute Gasteiger partial charge is 0.462 e. The fraction of sp³-hybridized carbons (Fsp3) is 0.800. The van der Waals surface area contributed by atoms with Crippen LogP contribution in [-0.4, -0.2) is 18.5 Å². The molecule has 1 nitrogen and oxygen atoms in total. The molecule has 0 aliphatic rings. The average Bonchev–Trinajstić information content (AvgIpc) is 1.35. The van der Waals surface area contributed by atoms with E-state index in [2.05, 4.69) is 14.0 Å². The second-order valence-corrected chi connectivity index (χ2v) is 1.58. The normalized spacial score (nSPS) is 8.57. The Labute approximate surface area is 71.3 Å². The van der Waals surface area contributed by atoms with Gasteiger partial charge >= 0.3 is 32.7 Å². The Morgan fingerprint density at radius 2 is 2.00 bits per heavy atom.